The predicted molar refractivity (Wildman–Crippen MR) is 84.6 cm³/mol. The van der Waals surface area contributed by atoms with Gasteiger partial charge in [0.25, 0.3) is 0 Å². The second kappa shape index (κ2) is 5.64. The molecule has 3 heteroatoms. The highest BCUT2D eigenvalue weighted by Gasteiger charge is 2.29. The maximum absolute atomic E-state index is 5.94. The molecule has 0 fully saturated rings. The first-order valence-corrected chi connectivity index (χ1v) is 7.80. The van der Waals surface area contributed by atoms with Gasteiger partial charge in [-0.3, -0.25) is 0 Å². The van der Waals surface area contributed by atoms with Crippen molar-refractivity contribution in [3.63, 3.8) is 0 Å². The molecule has 1 aliphatic carbocycles. The minimum Gasteiger partial charge on any atom is -0.445 e. The lowest BCUT2D eigenvalue weighted by Gasteiger charge is -2.27. The number of hydrogen-bond acceptors (Lipinski definition) is 3. The highest BCUT2D eigenvalue weighted by molar-refractivity contribution is 5.44. The lowest BCUT2D eigenvalue weighted by Crippen LogP contribution is -2.36. The molecule has 0 saturated heterocycles. The van der Waals surface area contributed by atoms with Gasteiger partial charge in [0.15, 0.2) is 5.89 Å². The molecule has 1 N–H and O–H groups in total. The Labute approximate surface area is 126 Å². The maximum Gasteiger partial charge on any atom is 0.194 e. The molecule has 0 saturated carbocycles. The zero-order valence-electron chi connectivity index (χ0n) is 13.1. The number of hydrogen-bond donors (Lipinski definition) is 1. The lowest BCUT2D eigenvalue weighted by molar-refractivity contribution is 0.398. The number of aryl methyl sites for hydroxylation is 1. The first-order valence-electron chi connectivity index (χ1n) is 7.80. The molecule has 1 unspecified atom stereocenters. The van der Waals surface area contributed by atoms with Gasteiger partial charge in [0.05, 0.1) is 6.20 Å². The van der Waals surface area contributed by atoms with Gasteiger partial charge in [-0.1, -0.05) is 24.3 Å². The van der Waals surface area contributed by atoms with E-state index in [0.29, 0.717) is 5.92 Å². The second-order valence-electron chi connectivity index (χ2n) is 6.89. The van der Waals surface area contributed by atoms with Crippen molar-refractivity contribution in [2.75, 3.05) is 6.54 Å². The Bertz CT molecular complexity index is 610. The van der Waals surface area contributed by atoms with Gasteiger partial charge in [-0.2, -0.15) is 0 Å². The van der Waals surface area contributed by atoms with Crippen LogP contribution in [0.25, 0.3) is 0 Å². The van der Waals surface area contributed by atoms with E-state index < -0.39 is 0 Å². The number of rotatable bonds is 5. The van der Waals surface area contributed by atoms with Crippen LogP contribution >= 0.6 is 0 Å². The summed E-state index contributed by atoms with van der Waals surface area (Å²) in [5.41, 5.74) is 3.02. The molecule has 3 rings (SSSR count). The standard InChI is InChI=1S/C18H24N2O/c1-18(2,3)20-10-6-9-17-19-12-16(21-17)15-11-13-7-4-5-8-14(13)15/h4-5,7-8,12,15,20H,6,9-11H2,1-3H3. The van der Waals surface area contributed by atoms with E-state index in [1.165, 1.54) is 11.1 Å². The molecule has 21 heavy (non-hydrogen) atoms. The van der Waals surface area contributed by atoms with Crippen LogP contribution in [0.1, 0.15) is 55.9 Å². The summed E-state index contributed by atoms with van der Waals surface area (Å²) in [4.78, 5) is 4.43. The van der Waals surface area contributed by atoms with Gasteiger partial charge >= 0.3 is 0 Å². The Balaban J connectivity index is 1.54. The Morgan fingerprint density at radius 2 is 2.10 bits per heavy atom. The summed E-state index contributed by atoms with van der Waals surface area (Å²) in [5.74, 6) is 2.30. The maximum atomic E-state index is 5.94. The van der Waals surface area contributed by atoms with E-state index in [9.17, 15) is 0 Å². The van der Waals surface area contributed by atoms with Gasteiger partial charge in [-0.05, 0) is 51.3 Å². The average Bonchev–Trinajstić information content (AvgIpc) is 2.84. The molecule has 1 aromatic carbocycles. The van der Waals surface area contributed by atoms with E-state index >= 15 is 0 Å². The summed E-state index contributed by atoms with van der Waals surface area (Å²) in [5, 5.41) is 3.49. The van der Waals surface area contributed by atoms with Crippen LogP contribution in [0.4, 0.5) is 0 Å². The summed E-state index contributed by atoms with van der Waals surface area (Å²) in [7, 11) is 0. The molecule has 0 amide bonds. The van der Waals surface area contributed by atoms with Gasteiger partial charge in [-0.15, -0.1) is 0 Å². The van der Waals surface area contributed by atoms with Crippen molar-refractivity contribution in [1.82, 2.24) is 10.3 Å². The highest BCUT2D eigenvalue weighted by Crippen LogP contribution is 2.39. The summed E-state index contributed by atoms with van der Waals surface area (Å²) in [6.45, 7) is 7.55. The van der Waals surface area contributed by atoms with Crippen LogP contribution in [0.5, 0.6) is 0 Å². The quantitative estimate of drug-likeness (QED) is 0.851. The minimum atomic E-state index is 0.178. The number of aromatic nitrogens is 1. The van der Waals surface area contributed by atoms with Crippen LogP contribution in [-0.4, -0.2) is 17.1 Å². The van der Waals surface area contributed by atoms with Gasteiger partial charge < -0.3 is 9.73 Å². The van der Waals surface area contributed by atoms with E-state index in [1.807, 2.05) is 6.20 Å². The van der Waals surface area contributed by atoms with Crippen molar-refractivity contribution in [3.8, 4) is 0 Å². The Hall–Kier alpha value is -1.61. The number of fused-ring (bicyclic) bond motifs is 1. The zero-order valence-corrected chi connectivity index (χ0v) is 13.1. The summed E-state index contributed by atoms with van der Waals surface area (Å²) < 4.78 is 5.94. The van der Waals surface area contributed by atoms with E-state index in [1.54, 1.807) is 0 Å². The molecule has 1 aliphatic rings. The first-order chi connectivity index (χ1) is 10.0. The largest absolute Gasteiger partial charge is 0.445 e. The van der Waals surface area contributed by atoms with Crippen LogP contribution in [0.15, 0.2) is 34.9 Å². The van der Waals surface area contributed by atoms with E-state index in [-0.39, 0.29) is 5.54 Å². The molecule has 112 valence electrons. The summed E-state index contributed by atoms with van der Waals surface area (Å²) >= 11 is 0. The Morgan fingerprint density at radius 3 is 2.86 bits per heavy atom. The molecule has 0 radical (unpaired) electrons. The second-order valence-corrected chi connectivity index (χ2v) is 6.89. The van der Waals surface area contributed by atoms with E-state index in [2.05, 4.69) is 55.3 Å². The van der Waals surface area contributed by atoms with Gasteiger partial charge in [0.2, 0.25) is 0 Å². The molecule has 1 aromatic heterocycles. The van der Waals surface area contributed by atoms with Crippen LogP contribution in [-0.2, 0) is 12.8 Å². The van der Waals surface area contributed by atoms with Gasteiger partial charge in [0, 0.05) is 17.9 Å². The van der Waals surface area contributed by atoms with Crippen molar-refractivity contribution in [2.24, 2.45) is 0 Å². The topological polar surface area (TPSA) is 38.1 Å². The fraction of sp³-hybridized carbons (Fsp3) is 0.500. The summed E-state index contributed by atoms with van der Waals surface area (Å²) in [6, 6.07) is 8.59. The molecular formula is C18H24N2O. The van der Waals surface area contributed by atoms with E-state index in [0.717, 1.165) is 37.5 Å². The average molecular weight is 284 g/mol. The van der Waals surface area contributed by atoms with Crippen molar-refractivity contribution in [1.29, 1.82) is 0 Å². The summed E-state index contributed by atoms with van der Waals surface area (Å²) in [6.07, 6.45) is 4.94. The van der Waals surface area contributed by atoms with Crippen molar-refractivity contribution in [2.45, 2.75) is 51.5 Å². The van der Waals surface area contributed by atoms with Crippen LogP contribution < -0.4 is 5.32 Å². The molecule has 1 heterocycles. The van der Waals surface area contributed by atoms with Crippen LogP contribution in [0.3, 0.4) is 0 Å². The third-order valence-electron chi connectivity index (χ3n) is 3.99. The number of benzene rings is 1. The lowest BCUT2D eigenvalue weighted by atomic mass is 9.76. The van der Waals surface area contributed by atoms with Crippen LogP contribution in [0.2, 0.25) is 0 Å². The number of nitrogens with zero attached hydrogens (tertiary/aromatic N) is 1. The SMILES string of the molecule is CC(C)(C)NCCCc1ncc(C2Cc3ccccc32)o1. The third kappa shape index (κ3) is 3.35. The van der Waals surface area contributed by atoms with Gasteiger partial charge in [0.1, 0.15) is 5.76 Å². The number of oxazole rings is 1. The molecule has 0 aliphatic heterocycles. The highest BCUT2D eigenvalue weighted by atomic mass is 16.4. The Morgan fingerprint density at radius 1 is 1.29 bits per heavy atom. The normalized spacial score (nSPS) is 17.4. The van der Waals surface area contributed by atoms with Crippen molar-refractivity contribution >= 4 is 0 Å². The Kier molecular flexibility index (Phi) is 3.85. The molecule has 1 atom stereocenters. The van der Waals surface area contributed by atoms with E-state index in [4.69, 9.17) is 4.42 Å². The molecular weight excluding hydrogens is 260 g/mol. The van der Waals surface area contributed by atoms with Crippen molar-refractivity contribution in [3.05, 3.63) is 53.2 Å². The first kappa shape index (κ1) is 14.3. The fourth-order valence-electron chi connectivity index (χ4n) is 2.82. The van der Waals surface area contributed by atoms with Crippen LogP contribution in [0, 0.1) is 0 Å². The fourth-order valence-corrected chi connectivity index (χ4v) is 2.82. The van der Waals surface area contributed by atoms with Gasteiger partial charge in [-0.25, -0.2) is 4.98 Å². The zero-order chi connectivity index (χ0) is 14.9. The molecule has 0 spiro atoms. The molecule has 3 nitrogen and oxygen atoms in total. The third-order valence-corrected chi connectivity index (χ3v) is 3.99. The monoisotopic (exact) mass is 284 g/mol. The smallest absolute Gasteiger partial charge is 0.194 e. The minimum absolute atomic E-state index is 0.178. The molecule has 2 aromatic rings. The van der Waals surface area contributed by atoms with Crippen molar-refractivity contribution < 1.29 is 4.42 Å². The predicted octanol–water partition coefficient (Wildman–Crippen LogP) is 3.68. The number of nitrogens with one attached hydrogen (secondary N) is 1. The molecule has 0 bridgehead atoms.